The Morgan fingerprint density at radius 1 is 0.865 bits per heavy atom. The first kappa shape index (κ1) is 25.3. The molecule has 1 N–H and O–H groups in total. The lowest BCUT2D eigenvalue weighted by Gasteiger charge is -2.21. The minimum atomic E-state index is -4.00. The molecule has 3 aromatic rings. The lowest BCUT2D eigenvalue weighted by Crippen LogP contribution is -2.32. The van der Waals surface area contributed by atoms with E-state index in [1.807, 2.05) is 0 Å². The lowest BCUT2D eigenvalue weighted by atomic mass is 10.0. The Morgan fingerprint density at radius 2 is 1.54 bits per heavy atom. The monoisotopic (exact) mass is 538 g/mol. The smallest absolute Gasteiger partial charge is 0.255 e. The molecule has 0 saturated carbocycles. The maximum atomic E-state index is 13.3. The molecule has 5 rings (SSSR count). The van der Waals surface area contributed by atoms with E-state index in [9.17, 15) is 26.4 Å². The van der Waals surface area contributed by atoms with Crippen molar-refractivity contribution in [2.75, 3.05) is 18.4 Å². The molecule has 1 amide bonds. The fourth-order valence-corrected chi connectivity index (χ4v) is 8.25. The largest absolute Gasteiger partial charge is 0.322 e. The summed E-state index contributed by atoms with van der Waals surface area (Å²) in [6.07, 6.45) is 3.61. The Labute approximate surface area is 216 Å². The molecule has 0 aromatic heterocycles. The van der Waals surface area contributed by atoms with Gasteiger partial charge in [-0.15, -0.1) is 0 Å². The average molecular weight is 539 g/mol. The fourth-order valence-electron chi connectivity index (χ4n) is 4.81. The normalized spacial score (nSPS) is 17.4. The van der Waals surface area contributed by atoms with E-state index in [0.29, 0.717) is 18.7 Å². The molecule has 2 aliphatic rings. The standard InChI is InChI=1S/C27H26N2O6S2/c1-18-10-12-20(17-24(18)37(34,35)29-14-6-2-3-7-15-29)28-27(31)19-11-13-22-25(16-19)36(32,33)23-9-5-4-8-21(23)26(22)30/h4-5,8-13,16-17H,2-3,6-7,14-15H2,1H3,(H,28,31). The molecule has 10 heteroatoms. The zero-order valence-corrected chi connectivity index (χ0v) is 21.9. The summed E-state index contributed by atoms with van der Waals surface area (Å²) in [6.45, 7) is 2.63. The molecule has 0 unspecified atom stereocenters. The fraction of sp³-hybridized carbons (Fsp3) is 0.259. The van der Waals surface area contributed by atoms with Gasteiger partial charge in [-0.25, -0.2) is 16.8 Å². The van der Waals surface area contributed by atoms with Crippen molar-refractivity contribution in [3.63, 3.8) is 0 Å². The third-order valence-corrected chi connectivity index (χ3v) is 10.7. The van der Waals surface area contributed by atoms with Gasteiger partial charge in [0, 0.05) is 35.5 Å². The van der Waals surface area contributed by atoms with Crippen molar-refractivity contribution in [3.05, 3.63) is 82.9 Å². The molecule has 0 atom stereocenters. The zero-order valence-electron chi connectivity index (χ0n) is 20.2. The van der Waals surface area contributed by atoms with Crippen LogP contribution in [0, 0.1) is 6.92 Å². The molecule has 2 heterocycles. The van der Waals surface area contributed by atoms with Crippen LogP contribution in [-0.2, 0) is 19.9 Å². The van der Waals surface area contributed by atoms with E-state index in [1.54, 1.807) is 31.2 Å². The highest BCUT2D eigenvalue weighted by atomic mass is 32.2. The Bertz CT molecular complexity index is 1640. The molecule has 1 saturated heterocycles. The number of hydrogen-bond donors (Lipinski definition) is 1. The van der Waals surface area contributed by atoms with Gasteiger partial charge < -0.3 is 5.32 Å². The van der Waals surface area contributed by atoms with Crippen molar-refractivity contribution in [1.29, 1.82) is 0 Å². The number of nitrogens with one attached hydrogen (secondary N) is 1. The average Bonchev–Trinajstić information content (AvgIpc) is 3.19. The van der Waals surface area contributed by atoms with Crippen LogP contribution in [0.25, 0.3) is 0 Å². The summed E-state index contributed by atoms with van der Waals surface area (Å²) >= 11 is 0. The number of hydrogen-bond acceptors (Lipinski definition) is 6. The molecule has 0 bridgehead atoms. The predicted molar refractivity (Wildman–Crippen MR) is 138 cm³/mol. The van der Waals surface area contributed by atoms with Gasteiger partial charge in [0.2, 0.25) is 19.9 Å². The minimum Gasteiger partial charge on any atom is -0.322 e. The Kier molecular flexibility index (Phi) is 6.51. The van der Waals surface area contributed by atoms with Gasteiger partial charge in [-0.3, -0.25) is 9.59 Å². The summed E-state index contributed by atoms with van der Waals surface area (Å²) in [5.74, 6) is -1.04. The quantitative estimate of drug-likeness (QED) is 0.416. The van der Waals surface area contributed by atoms with Crippen molar-refractivity contribution >= 4 is 37.2 Å². The van der Waals surface area contributed by atoms with Gasteiger partial charge in [0.25, 0.3) is 5.91 Å². The summed E-state index contributed by atoms with van der Waals surface area (Å²) in [5, 5.41) is 2.68. The minimum absolute atomic E-state index is 0.0106. The van der Waals surface area contributed by atoms with Crippen LogP contribution in [0.5, 0.6) is 0 Å². The second-order valence-corrected chi connectivity index (χ2v) is 13.1. The van der Waals surface area contributed by atoms with E-state index < -0.39 is 31.6 Å². The third kappa shape index (κ3) is 4.49. The summed E-state index contributed by atoms with van der Waals surface area (Å²) in [5.41, 5.74) is 0.985. The number of rotatable bonds is 4. The van der Waals surface area contributed by atoms with E-state index in [0.717, 1.165) is 25.7 Å². The number of aryl methyl sites for hydroxylation is 1. The topological polar surface area (TPSA) is 118 Å². The van der Waals surface area contributed by atoms with Gasteiger partial charge >= 0.3 is 0 Å². The molecule has 37 heavy (non-hydrogen) atoms. The number of amides is 1. The van der Waals surface area contributed by atoms with Gasteiger partial charge in [-0.2, -0.15) is 4.31 Å². The van der Waals surface area contributed by atoms with Crippen molar-refractivity contribution in [2.24, 2.45) is 0 Å². The predicted octanol–water partition coefficient (Wildman–Crippen LogP) is 4.19. The second-order valence-electron chi connectivity index (χ2n) is 9.29. The number of sulfonamides is 1. The first-order chi connectivity index (χ1) is 17.6. The highest BCUT2D eigenvalue weighted by molar-refractivity contribution is 7.91. The molecule has 1 fully saturated rings. The molecule has 0 radical (unpaired) electrons. The van der Waals surface area contributed by atoms with Gasteiger partial charge in [0.15, 0.2) is 5.78 Å². The zero-order chi connectivity index (χ0) is 26.4. The maximum absolute atomic E-state index is 13.3. The van der Waals surface area contributed by atoms with Gasteiger partial charge in [-0.1, -0.05) is 31.0 Å². The number of fused-ring (bicyclic) bond motifs is 2. The number of anilines is 1. The van der Waals surface area contributed by atoms with Crippen LogP contribution in [0.1, 0.15) is 57.5 Å². The highest BCUT2D eigenvalue weighted by Crippen LogP contribution is 2.35. The number of nitrogens with zero attached hydrogens (tertiary/aromatic N) is 1. The van der Waals surface area contributed by atoms with Crippen LogP contribution in [0.2, 0.25) is 0 Å². The first-order valence-electron chi connectivity index (χ1n) is 12.1. The highest BCUT2D eigenvalue weighted by Gasteiger charge is 2.35. The third-order valence-electron chi connectivity index (χ3n) is 6.83. The number of ketones is 1. The maximum Gasteiger partial charge on any atom is 0.255 e. The van der Waals surface area contributed by atoms with Crippen molar-refractivity contribution in [3.8, 4) is 0 Å². The van der Waals surface area contributed by atoms with Crippen LogP contribution in [0.15, 0.2) is 75.4 Å². The SMILES string of the molecule is Cc1ccc(NC(=O)c2ccc3c(c2)S(=O)(=O)c2ccccc2C3=O)cc1S(=O)(=O)N1CCCCCC1. The lowest BCUT2D eigenvalue weighted by molar-refractivity contribution is 0.101. The Balaban J connectivity index is 1.45. The molecule has 8 nitrogen and oxygen atoms in total. The molecule has 0 spiro atoms. The van der Waals surface area contributed by atoms with Gasteiger partial charge in [0.05, 0.1) is 14.7 Å². The molecule has 2 aliphatic heterocycles. The van der Waals surface area contributed by atoms with E-state index >= 15 is 0 Å². The molecular formula is C27H26N2O6S2. The Hall–Kier alpha value is -3.34. The summed E-state index contributed by atoms with van der Waals surface area (Å²) in [7, 11) is -7.73. The molecule has 3 aromatic carbocycles. The molecule has 0 aliphatic carbocycles. The van der Waals surface area contributed by atoms with Crippen LogP contribution in [0.4, 0.5) is 5.69 Å². The Morgan fingerprint density at radius 3 is 2.27 bits per heavy atom. The number of carbonyl (C=O) groups is 2. The van der Waals surface area contributed by atoms with Crippen LogP contribution in [0.3, 0.4) is 0 Å². The first-order valence-corrected chi connectivity index (χ1v) is 15.0. The molecular weight excluding hydrogens is 512 g/mol. The summed E-state index contributed by atoms with van der Waals surface area (Å²) < 4.78 is 54.6. The number of benzene rings is 3. The summed E-state index contributed by atoms with van der Waals surface area (Å²) in [4.78, 5) is 25.7. The van der Waals surface area contributed by atoms with Crippen molar-refractivity contribution in [2.45, 2.75) is 47.3 Å². The van der Waals surface area contributed by atoms with Gasteiger partial charge in [0.1, 0.15) is 0 Å². The van der Waals surface area contributed by atoms with Crippen molar-refractivity contribution < 1.29 is 26.4 Å². The van der Waals surface area contributed by atoms with Crippen LogP contribution >= 0.6 is 0 Å². The van der Waals surface area contributed by atoms with E-state index in [2.05, 4.69) is 5.32 Å². The second kappa shape index (κ2) is 9.51. The summed E-state index contributed by atoms with van der Waals surface area (Å²) in [6, 6.07) is 14.6. The van der Waals surface area contributed by atoms with E-state index in [1.165, 1.54) is 40.7 Å². The number of sulfone groups is 1. The van der Waals surface area contributed by atoms with Crippen LogP contribution < -0.4 is 5.32 Å². The van der Waals surface area contributed by atoms with E-state index in [4.69, 9.17) is 0 Å². The molecule has 192 valence electrons. The number of carbonyl (C=O) groups excluding carboxylic acids is 2. The van der Waals surface area contributed by atoms with Crippen LogP contribution in [-0.4, -0.2) is 45.9 Å². The van der Waals surface area contributed by atoms with E-state index in [-0.39, 0.29) is 37.1 Å². The van der Waals surface area contributed by atoms with Gasteiger partial charge in [-0.05, 0) is 67.8 Å². The van der Waals surface area contributed by atoms with Crippen molar-refractivity contribution in [1.82, 2.24) is 4.31 Å².